The molecule has 1 aromatic heterocycles. The van der Waals surface area contributed by atoms with Crippen molar-refractivity contribution in [1.82, 2.24) is 4.57 Å². The fourth-order valence-corrected chi connectivity index (χ4v) is 3.75. The third kappa shape index (κ3) is 4.11. The summed E-state index contributed by atoms with van der Waals surface area (Å²) in [7, 11) is 0. The Hall–Kier alpha value is -3.27. The summed E-state index contributed by atoms with van der Waals surface area (Å²) in [6.45, 7) is 5.64. The molecule has 4 aromatic rings. The lowest BCUT2D eigenvalue weighted by atomic mass is 10.1. The Kier molecular flexibility index (Phi) is 5.52. The first-order valence-corrected chi connectivity index (χ1v) is 10.2. The van der Waals surface area contributed by atoms with E-state index in [1.807, 2.05) is 37.3 Å². The summed E-state index contributed by atoms with van der Waals surface area (Å²) >= 11 is 0. The van der Waals surface area contributed by atoms with Crippen LogP contribution in [0.25, 0.3) is 21.8 Å². The molecule has 4 heteroatoms. The van der Waals surface area contributed by atoms with Crippen molar-refractivity contribution in [2.75, 3.05) is 11.9 Å². The maximum Gasteiger partial charge on any atom is 0.224 e. The number of aryl methyl sites for hydroxylation is 2. The molecule has 3 aromatic carbocycles. The van der Waals surface area contributed by atoms with Crippen LogP contribution in [0.1, 0.15) is 25.3 Å². The molecule has 0 spiro atoms. The highest BCUT2D eigenvalue weighted by Crippen LogP contribution is 2.31. The highest BCUT2D eigenvalue weighted by molar-refractivity contribution is 6.09. The van der Waals surface area contributed by atoms with Gasteiger partial charge in [-0.3, -0.25) is 4.79 Å². The molecule has 0 saturated heterocycles. The second-order valence-corrected chi connectivity index (χ2v) is 7.31. The minimum Gasteiger partial charge on any atom is -0.494 e. The molecular formula is C25H26N2O2. The maximum atomic E-state index is 12.4. The molecule has 4 nitrogen and oxygen atoms in total. The van der Waals surface area contributed by atoms with E-state index in [-0.39, 0.29) is 5.91 Å². The van der Waals surface area contributed by atoms with Crippen molar-refractivity contribution in [2.45, 2.75) is 33.2 Å². The number of amides is 1. The molecule has 29 heavy (non-hydrogen) atoms. The lowest BCUT2D eigenvalue weighted by Gasteiger charge is -2.08. The van der Waals surface area contributed by atoms with Gasteiger partial charge in [0.25, 0.3) is 0 Å². The number of hydrogen-bond acceptors (Lipinski definition) is 2. The molecular weight excluding hydrogens is 360 g/mol. The van der Waals surface area contributed by atoms with Crippen molar-refractivity contribution in [1.29, 1.82) is 0 Å². The Morgan fingerprint density at radius 1 is 0.966 bits per heavy atom. The summed E-state index contributed by atoms with van der Waals surface area (Å²) in [6.07, 6.45) is 1.11. The molecule has 0 bridgehead atoms. The Morgan fingerprint density at radius 3 is 2.52 bits per heavy atom. The van der Waals surface area contributed by atoms with Gasteiger partial charge in [0.15, 0.2) is 0 Å². The molecule has 148 valence electrons. The van der Waals surface area contributed by atoms with Crippen LogP contribution in [0, 0.1) is 6.92 Å². The molecule has 1 heterocycles. The Balaban J connectivity index is 1.39. The molecule has 0 saturated carbocycles. The minimum absolute atomic E-state index is 0.0103. The van der Waals surface area contributed by atoms with E-state index < -0.39 is 0 Å². The molecule has 0 fully saturated rings. The summed E-state index contributed by atoms with van der Waals surface area (Å²) < 4.78 is 8.00. The molecule has 0 atom stereocenters. The van der Waals surface area contributed by atoms with Crippen molar-refractivity contribution in [3.8, 4) is 5.75 Å². The topological polar surface area (TPSA) is 43.3 Å². The zero-order chi connectivity index (χ0) is 20.2. The molecule has 0 aliphatic heterocycles. The first-order valence-electron chi connectivity index (χ1n) is 10.2. The van der Waals surface area contributed by atoms with Crippen LogP contribution in [0.4, 0.5) is 5.69 Å². The van der Waals surface area contributed by atoms with Gasteiger partial charge in [0, 0.05) is 40.5 Å². The summed E-state index contributed by atoms with van der Waals surface area (Å²) in [5, 5.41) is 5.41. The van der Waals surface area contributed by atoms with E-state index in [1.165, 1.54) is 27.4 Å². The highest BCUT2D eigenvalue weighted by atomic mass is 16.5. The Labute approximate surface area is 171 Å². The molecule has 0 radical (unpaired) electrons. The average molecular weight is 386 g/mol. The third-order valence-electron chi connectivity index (χ3n) is 5.21. The van der Waals surface area contributed by atoms with E-state index in [9.17, 15) is 4.79 Å². The van der Waals surface area contributed by atoms with E-state index in [0.717, 1.165) is 18.0 Å². The predicted octanol–water partition coefficient (Wildman–Crippen LogP) is 5.92. The number of rotatable bonds is 7. The van der Waals surface area contributed by atoms with Crippen molar-refractivity contribution < 1.29 is 9.53 Å². The van der Waals surface area contributed by atoms with Crippen LogP contribution in [-0.2, 0) is 11.3 Å². The number of aromatic nitrogens is 1. The first-order chi connectivity index (χ1) is 14.2. The molecule has 1 amide bonds. The van der Waals surface area contributed by atoms with Gasteiger partial charge in [-0.1, -0.05) is 35.9 Å². The number of anilines is 1. The number of fused-ring (bicyclic) bond motifs is 3. The molecule has 0 unspecified atom stereocenters. The molecule has 0 aliphatic rings. The fraction of sp³-hybridized carbons (Fsp3) is 0.240. The Morgan fingerprint density at radius 2 is 1.72 bits per heavy atom. The van der Waals surface area contributed by atoms with Gasteiger partial charge in [0.2, 0.25) is 5.91 Å². The van der Waals surface area contributed by atoms with Gasteiger partial charge < -0.3 is 14.6 Å². The monoisotopic (exact) mass is 386 g/mol. The van der Waals surface area contributed by atoms with Gasteiger partial charge in [-0.25, -0.2) is 0 Å². The number of para-hydroxylation sites is 1. The van der Waals surface area contributed by atoms with Gasteiger partial charge in [-0.2, -0.15) is 0 Å². The number of hydrogen-bond donors (Lipinski definition) is 1. The normalized spacial score (nSPS) is 11.1. The van der Waals surface area contributed by atoms with E-state index in [2.05, 4.69) is 53.2 Å². The lowest BCUT2D eigenvalue weighted by Crippen LogP contribution is -2.12. The number of carbonyl (C=O) groups excluding carboxylic acids is 1. The zero-order valence-electron chi connectivity index (χ0n) is 16.9. The summed E-state index contributed by atoms with van der Waals surface area (Å²) in [6, 6.07) is 22.5. The van der Waals surface area contributed by atoms with E-state index in [1.54, 1.807) is 0 Å². The number of carbonyl (C=O) groups is 1. The fourth-order valence-electron chi connectivity index (χ4n) is 3.75. The number of benzene rings is 3. The minimum atomic E-state index is 0.0103. The standard InChI is InChI=1S/C25H26N2O2/c1-3-27-23-8-5-4-7-21(23)22-17-19(12-15-24(22)27)26-25(28)9-6-16-29-20-13-10-18(2)11-14-20/h4-5,7-8,10-15,17H,3,6,9,16H2,1-2H3,(H,26,28). The number of ether oxygens (including phenoxy) is 1. The lowest BCUT2D eigenvalue weighted by molar-refractivity contribution is -0.116. The van der Waals surface area contributed by atoms with Crippen molar-refractivity contribution >= 4 is 33.4 Å². The van der Waals surface area contributed by atoms with Crippen LogP contribution >= 0.6 is 0 Å². The van der Waals surface area contributed by atoms with E-state index >= 15 is 0 Å². The number of nitrogens with zero attached hydrogens (tertiary/aromatic N) is 1. The van der Waals surface area contributed by atoms with Gasteiger partial charge in [-0.15, -0.1) is 0 Å². The maximum absolute atomic E-state index is 12.4. The summed E-state index contributed by atoms with van der Waals surface area (Å²) in [5.41, 5.74) is 4.46. The predicted molar refractivity (Wildman–Crippen MR) is 120 cm³/mol. The second kappa shape index (κ2) is 8.39. The smallest absolute Gasteiger partial charge is 0.224 e. The number of nitrogens with one attached hydrogen (secondary N) is 1. The molecule has 0 aliphatic carbocycles. The van der Waals surface area contributed by atoms with Gasteiger partial charge in [0.05, 0.1) is 6.61 Å². The second-order valence-electron chi connectivity index (χ2n) is 7.31. The highest BCUT2D eigenvalue weighted by Gasteiger charge is 2.10. The molecule has 4 rings (SSSR count). The average Bonchev–Trinajstić information content (AvgIpc) is 3.05. The van der Waals surface area contributed by atoms with Crippen LogP contribution in [0.5, 0.6) is 5.75 Å². The van der Waals surface area contributed by atoms with Gasteiger partial charge >= 0.3 is 0 Å². The first kappa shape index (κ1) is 19.1. The van der Waals surface area contributed by atoms with Crippen molar-refractivity contribution in [2.24, 2.45) is 0 Å². The van der Waals surface area contributed by atoms with Gasteiger partial charge in [-0.05, 0) is 56.7 Å². The van der Waals surface area contributed by atoms with E-state index in [4.69, 9.17) is 4.74 Å². The Bertz CT molecular complexity index is 1140. The van der Waals surface area contributed by atoms with Crippen LogP contribution in [0.3, 0.4) is 0 Å². The quantitative estimate of drug-likeness (QED) is 0.401. The van der Waals surface area contributed by atoms with Crippen LogP contribution in [0.2, 0.25) is 0 Å². The third-order valence-corrected chi connectivity index (χ3v) is 5.21. The van der Waals surface area contributed by atoms with Crippen LogP contribution < -0.4 is 10.1 Å². The van der Waals surface area contributed by atoms with Crippen molar-refractivity contribution in [3.05, 3.63) is 72.3 Å². The summed E-state index contributed by atoms with van der Waals surface area (Å²) in [5.74, 6) is 0.852. The van der Waals surface area contributed by atoms with E-state index in [0.29, 0.717) is 19.4 Å². The van der Waals surface area contributed by atoms with Crippen LogP contribution in [0.15, 0.2) is 66.7 Å². The van der Waals surface area contributed by atoms with Crippen LogP contribution in [-0.4, -0.2) is 17.1 Å². The van der Waals surface area contributed by atoms with Crippen molar-refractivity contribution in [3.63, 3.8) is 0 Å². The largest absolute Gasteiger partial charge is 0.494 e. The zero-order valence-corrected chi connectivity index (χ0v) is 16.9. The summed E-state index contributed by atoms with van der Waals surface area (Å²) in [4.78, 5) is 12.4. The van der Waals surface area contributed by atoms with Gasteiger partial charge in [0.1, 0.15) is 5.75 Å². The SMILES string of the molecule is CCn1c2ccccc2c2cc(NC(=O)CCCOc3ccc(C)cc3)ccc21. The molecule has 1 N–H and O–H groups in total.